The zero-order chi connectivity index (χ0) is 20.8. The number of carbonyl (C=O) groups is 2. The average molecular weight is 430 g/mol. The summed E-state index contributed by atoms with van der Waals surface area (Å²) in [6.07, 6.45) is 3.34. The van der Waals surface area contributed by atoms with Gasteiger partial charge in [0.05, 0.1) is 18.1 Å². The van der Waals surface area contributed by atoms with Crippen LogP contribution in [0.3, 0.4) is 0 Å². The third kappa shape index (κ3) is 5.22. The molecule has 0 radical (unpaired) electrons. The fraction of sp³-hybridized carbons (Fsp3) is 0.182. The average Bonchev–Trinajstić information content (AvgIpc) is 2.96. The van der Waals surface area contributed by atoms with Crippen molar-refractivity contribution in [2.75, 3.05) is 13.2 Å². The molecule has 2 aromatic rings. The lowest BCUT2D eigenvalue weighted by molar-refractivity contribution is -0.123. The lowest BCUT2D eigenvalue weighted by Gasteiger charge is -2.12. The molecule has 0 atom stereocenters. The molecule has 2 aromatic carbocycles. The minimum Gasteiger partial charge on any atom is -0.490 e. The number of ether oxygens (including phenoxy) is 2. The van der Waals surface area contributed by atoms with Crippen LogP contribution in [0.25, 0.3) is 6.08 Å². The van der Waals surface area contributed by atoms with Gasteiger partial charge in [0.25, 0.3) is 11.1 Å². The maximum absolute atomic E-state index is 12.7. The Morgan fingerprint density at radius 2 is 1.86 bits per heavy atom. The Labute approximate surface area is 178 Å². The van der Waals surface area contributed by atoms with Crippen molar-refractivity contribution in [3.8, 4) is 11.5 Å². The second-order valence-corrected chi connectivity index (χ2v) is 7.56. The van der Waals surface area contributed by atoms with Gasteiger partial charge in [0.1, 0.15) is 6.61 Å². The highest BCUT2D eigenvalue weighted by Gasteiger charge is 2.35. The van der Waals surface area contributed by atoms with Crippen molar-refractivity contribution >= 4 is 40.6 Å². The highest BCUT2D eigenvalue weighted by atomic mass is 35.5. The zero-order valence-corrected chi connectivity index (χ0v) is 17.5. The van der Waals surface area contributed by atoms with E-state index in [1.807, 2.05) is 13.0 Å². The largest absolute Gasteiger partial charge is 0.490 e. The molecule has 2 amide bonds. The van der Waals surface area contributed by atoms with Crippen LogP contribution in [0.5, 0.6) is 11.5 Å². The van der Waals surface area contributed by atoms with Crippen molar-refractivity contribution in [1.29, 1.82) is 0 Å². The van der Waals surface area contributed by atoms with Crippen LogP contribution in [0.1, 0.15) is 18.1 Å². The lowest BCUT2D eigenvalue weighted by atomic mass is 10.1. The van der Waals surface area contributed by atoms with Gasteiger partial charge in [0, 0.05) is 5.02 Å². The molecule has 0 bridgehead atoms. The molecule has 7 heteroatoms. The van der Waals surface area contributed by atoms with Crippen LogP contribution in [0, 0.1) is 0 Å². The van der Waals surface area contributed by atoms with E-state index in [1.165, 1.54) is 4.90 Å². The van der Waals surface area contributed by atoms with Crippen molar-refractivity contribution in [1.82, 2.24) is 4.90 Å². The predicted octanol–water partition coefficient (Wildman–Crippen LogP) is 5.54. The van der Waals surface area contributed by atoms with E-state index in [1.54, 1.807) is 48.6 Å². The molecule has 1 heterocycles. The molecule has 29 heavy (non-hydrogen) atoms. The highest BCUT2D eigenvalue weighted by Crippen LogP contribution is 2.35. The van der Waals surface area contributed by atoms with Crippen LogP contribution < -0.4 is 9.47 Å². The first-order valence-corrected chi connectivity index (χ1v) is 10.2. The number of rotatable bonds is 8. The van der Waals surface area contributed by atoms with Crippen molar-refractivity contribution in [2.24, 2.45) is 0 Å². The van der Waals surface area contributed by atoms with E-state index in [-0.39, 0.29) is 17.7 Å². The summed E-state index contributed by atoms with van der Waals surface area (Å²) in [7, 11) is 0. The molecule has 0 N–H and O–H groups in total. The topological polar surface area (TPSA) is 55.8 Å². The minimum absolute atomic E-state index is 0.206. The van der Waals surface area contributed by atoms with Crippen molar-refractivity contribution in [3.05, 3.63) is 76.2 Å². The molecule has 1 aliphatic heterocycles. The molecule has 0 spiro atoms. The third-order valence-corrected chi connectivity index (χ3v) is 5.21. The smallest absolute Gasteiger partial charge is 0.293 e. The van der Waals surface area contributed by atoms with Gasteiger partial charge in [-0.3, -0.25) is 14.5 Å². The van der Waals surface area contributed by atoms with Gasteiger partial charge >= 0.3 is 0 Å². The summed E-state index contributed by atoms with van der Waals surface area (Å²) in [6.45, 7) is 6.56. The van der Waals surface area contributed by atoms with Crippen LogP contribution in [0.2, 0.25) is 5.02 Å². The van der Waals surface area contributed by atoms with Gasteiger partial charge in [-0.2, -0.15) is 0 Å². The number of carbonyl (C=O) groups excluding carboxylic acids is 2. The first kappa shape index (κ1) is 21.0. The van der Waals surface area contributed by atoms with Crippen molar-refractivity contribution in [2.45, 2.75) is 13.5 Å². The Morgan fingerprint density at radius 1 is 1.10 bits per heavy atom. The fourth-order valence-corrected chi connectivity index (χ4v) is 3.68. The Bertz CT molecular complexity index is 956. The van der Waals surface area contributed by atoms with Crippen LogP contribution in [-0.2, 0) is 11.3 Å². The van der Waals surface area contributed by atoms with E-state index in [0.29, 0.717) is 34.6 Å². The number of nitrogens with zero attached hydrogens (tertiary/aromatic N) is 1. The maximum Gasteiger partial charge on any atom is 0.293 e. The minimum atomic E-state index is -0.320. The van der Waals surface area contributed by atoms with Crippen LogP contribution in [0.4, 0.5) is 4.79 Å². The molecule has 3 rings (SSSR count). The molecule has 0 saturated carbocycles. The van der Waals surface area contributed by atoms with E-state index < -0.39 is 0 Å². The number of halogens is 1. The Balaban J connectivity index is 1.80. The normalized spacial score (nSPS) is 15.1. The lowest BCUT2D eigenvalue weighted by Crippen LogP contribution is -2.27. The summed E-state index contributed by atoms with van der Waals surface area (Å²) in [4.78, 5) is 26.7. The monoisotopic (exact) mass is 429 g/mol. The van der Waals surface area contributed by atoms with Gasteiger partial charge < -0.3 is 9.47 Å². The van der Waals surface area contributed by atoms with Crippen molar-refractivity contribution in [3.63, 3.8) is 0 Å². The van der Waals surface area contributed by atoms with Gasteiger partial charge in [-0.15, -0.1) is 0 Å². The molecule has 0 aromatic heterocycles. The van der Waals surface area contributed by atoms with Crippen molar-refractivity contribution < 1.29 is 19.1 Å². The molecule has 150 valence electrons. The Hall–Kier alpha value is -2.70. The summed E-state index contributed by atoms with van der Waals surface area (Å²) >= 11 is 6.81. The predicted molar refractivity (Wildman–Crippen MR) is 116 cm³/mol. The molecular weight excluding hydrogens is 410 g/mol. The third-order valence-electron chi connectivity index (χ3n) is 4.05. The Kier molecular flexibility index (Phi) is 7.01. The summed E-state index contributed by atoms with van der Waals surface area (Å²) in [5.74, 6) is 0.850. The summed E-state index contributed by atoms with van der Waals surface area (Å²) < 4.78 is 11.2. The SMILES string of the molecule is C=CCOc1ccc(/C=C2\SC(=O)N(Cc3ccc(Cl)cc3)C2=O)cc1OCC. The number of hydrogen-bond donors (Lipinski definition) is 0. The zero-order valence-electron chi connectivity index (χ0n) is 15.9. The van der Waals surface area contributed by atoms with E-state index >= 15 is 0 Å². The summed E-state index contributed by atoms with van der Waals surface area (Å²) in [5.41, 5.74) is 1.58. The van der Waals surface area contributed by atoms with E-state index in [2.05, 4.69) is 6.58 Å². The van der Waals surface area contributed by atoms with E-state index in [0.717, 1.165) is 22.9 Å². The van der Waals surface area contributed by atoms with Crippen LogP contribution >= 0.6 is 23.4 Å². The van der Waals surface area contributed by atoms with E-state index in [9.17, 15) is 9.59 Å². The number of hydrogen-bond acceptors (Lipinski definition) is 5. The van der Waals surface area contributed by atoms with Crippen LogP contribution in [0.15, 0.2) is 60.0 Å². The van der Waals surface area contributed by atoms with Crippen LogP contribution in [-0.4, -0.2) is 29.3 Å². The molecule has 1 aliphatic rings. The first-order valence-electron chi connectivity index (χ1n) is 9.02. The second-order valence-electron chi connectivity index (χ2n) is 6.13. The number of benzene rings is 2. The van der Waals surface area contributed by atoms with Gasteiger partial charge in [-0.1, -0.05) is 42.5 Å². The quantitative estimate of drug-likeness (QED) is 0.407. The molecule has 0 aliphatic carbocycles. The first-order chi connectivity index (χ1) is 14.0. The highest BCUT2D eigenvalue weighted by molar-refractivity contribution is 8.18. The molecule has 5 nitrogen and oxygen atoms in total. The number of imide groups is 1. The van der Waals surface area contributed by atoms with Gasteiger partial charge in [0.2, 0.25) is 0 Å². The standard InChI is InChI=1S/C22H20ClNO4S/c1-3-11-28-18-10-7-16(12-19(18)27-4-2)13-20-21(25)24(22(26)29-20)14-15-5-8-17(23)9-6-15/h3,5-10,12-13H,1,4,11,14H2,2H3/b20-13-. The summed E-state index contributed by atoms with van der Waals surface area (Å²) in [5, 5.41) is 0.306. The molecule has 1 saturated heterocycles. The molecule has 1 fully saturated rings. The fourth-order valence-electron chi connectivity index (χ4n) is 2.71. The van der Waals surface area contributed by atoms with Gasteiger partial charge in [-0.05, 0) is 60.2 Å². The van der Waals surface area contributed by atoms with E-state index in [4.69, 9.17) is 21.1 Å². The second kappa shape index (κ2) is 9.67. The maximum atomic E-state index is 12.7. The van der Waals surface area contributed by atoms with Gasteiger partial charge in [-0.25, -0.2) is 0 Å². The molecular formula is C22H20ClNO4S. The Morgan fingerprint density at radius 3 is 2.55 bits per heavy atom. The number of thioether (sulfide) groups is 1. The number of amides is 2. The molecule has 0 unspecified atom stereocenters. The summed E-state index contributed by atoms with van der Waals surface area (Å²) in [6, 6.07) is 12.4. The van der Waals surface area contributed by atoms with Gasteiger partial charge in [0.15, 0.2) is 11.5 Å².